The molecule has 2 N–H and O–H groups in total. The summed E-state index contributed by atoms with van der Waals surface area (Å²) in [6.45, 7) is 0.445. The third-order valence-electron chi connectivity index (χ3n) is 7.26. The average Bonchev–Trinajstić information content (AvgIpc) is 3.37. The van der Waals surface area contributed by atoms with Gasteiger partial charge in [0.1, 0.15) is 12.3 Å². The molecule has 0 spiro atoms. The van der Waals surface area contributed by atoms with Crippen LogP contribution in [0.25, 0.3) is 23.1 Å². The minimum absolute atomic E-state index is 0.104. The number of hydrogen-bond acceptors (Lipinski definition) is 4. The summed E-state index contributed by atoms with van der Waals surface area (Å²) in [6.07, 6.45) is 7.26. The molecular weight excluding hydrogens is 580 g/mol. The third kappa shape index (κ3) is 7.75. The van der Waals surface area contributed by atoms with Crippen LogP contribution >= 0.6 is 0 Å². The molecule has 0 aliphatic heterocycles. The van der Waals surface area contributed by atoms with Crippen LogP contribution in [-0.2, 0) is 17.8 Å². The molecule has 0 aliphatic rings. The van der Waals surface area contributed by atoms with Crippen molar-refractivity contribution in [2.75, 3.05) is 13.2 Å². The maximum Gasteiger partial charge on any atom is 0.335 e. The summed E-state index contributed by atoms with van der Waals surface area (Å²) < 4.78 is 39.7. The van der Waals surface area contributed by atoms with Gasteiger partial charge in [0.25, 0.3) is 0 Å². The van der Waals surface area contributed by atoms with E-state index in [4.69, 9.17) is 9.47 Å². The second-order valence-corrected chi connectivity index (χ2v) is 10.4. The topological polar surface area (TPSA) is 98.0 Å². The Hall–Kier alpha value is -5.44. The molecule has 0 fully saturated rings. The first kappa shape index (κ1) is 31.0. The van der Waals surface area contributed by atoms with E-state index in [1.54, 1.807) is 35.0 Å². The van der Waals surface area contributed by atoms with Gasteiger partial charge in [-0.25, -0.2) is 9.18 Å². The van der Waals surface area contributed by atoms with Gasteiger partial charge in [-0.2, -0.15) is 4.39 Å². The monoisotopic (exact) mass is 611 g/mol. The SMILES string of the molecule is O=C(O)Cn1cc(Cc2ccccc2C(=O)O)c2cccc(/C=C/c3ccc(OCCCCOc4cccc(F)c4F)cc3)c21. The molecule has 0 bridgehead atoms. The minimum Gasteiger partial charge on any atom is -0.494 e. The van der Waals surface area contributed by atoms with Crippen LogP contribution in [0.1, 0.15) is 45.5 Å². The van der Waals surface area contributed by atoms with Gasteiger partial charge in [-0.3, -0.25) is 4.79 Å². The lowest BCUT2D eigenvalue weighted by Crippen LogP contribution is -2.08. The molecule has 0 radical (unpaired) electrons. The van der Waals surface area contributed by atoms with Gasteiger partial charge < -0.3 is 24.3 Å². The maximum atomic E-state index is 13.7. The van der Waals surface area contributed by atoms with Crippen LogP contribution in [0.15, 0.2) is 91.1 Å². The van der Waals surface area contributed by atoms with Gasteiger partial charge in [0, 0.05) is 18.0 Å². The Bertz CT molecular complexity index is 1840. The van der Waals surface area contributed by atoms with Crippen molar-refractivity contribution < 1.29 is 38.1 Å². The smallest absolute Gasteiger partial charge is 0.335 e. The summed E-state index contributed by atoms with van der Waals surface area (Å²) in [5, 5.41) is 20.1. The number of carboxylic acids is 2. The number of unbranched alkanes of at least 4 members (excludes halogenated alkanes) is 1. The Balaban J connectivity index is 1.23. The number of nitrogens with zero attached hydrogens (tertiary/aromatic N) is 1. The van der Waals surface area contributed by atoms with Crippen LogP contribution in [0.2, 0.25) is 0 Å². The highest BCUT2D eigenvalue weighted by Gasteiger charge is 2.16. The molecule has 0 saturated carbocycles. The van der Waals surface area contributed by atoms with Crippen molar-refractivity contribution in [2.24, 2.45) is 0 Å². The summed E-state index contributed by atoms with van der Waals surface area (Å²) in [5.41, 5.74) is 4.19. The highest BCUT2D eigenvalue weighted by molar-refractivity contribution is 5.95. The molecule has 4 aromatic carbocycles. The van der Waals surface area contributed by atoms with E-state index in [0.717, 1.165) is 33.7 Å². The lowest BCUT2D eigenvalue weighted by atomic mass is 9.98. The summed E-state index contributed by atoms with van der Waals surface area (Å²) in [6, 6.07) is 23.9. The quantitative estimate of drug-likeness (QED) is 0.0987. The molecule has 5 rings (SSSR count). The molecule has 1 heterocycles. The number of carboxylic acid groups (broad SMARTS) is 2. The Kier molecular flexibility index (Phi) is 9.89. The summed E-state index contributed by atoms with van der Waals surface area (Å²) in [5.74, 6) is -3.33. The molecule has 0 unspecified atom stereocenters. The van der Waals surface area contributed by atoms with E-state index >= 15 is 0 Å². The van der Waals surface area contributed by atoms with Gasteiger partial charge >= 0.3 is 11.9 Å². The molecular formula is C36H31F2NO6. The first-order valence-electron chi connectivity index (χ1n) is 14.4. The van der Waals surface area contributed by atoms with Gasteiger partial charge in [0.05, 0.1) is 24.3 Å². The molecule has 0 amide bonds. The van der Waals surface area contributed by atoms with Crippen LogP contribution in [0.5, 0.6) is 11.5 Å². The van der Waals surface area contributed by atoms with Crippen molar-refractivity contribution in [2.45, 2.75) is 25.8 Å². The number of para-hydroxylation sites is 1. The van der Waals surface area contributed by atoms with Gasteiger partial charge in [-0.1, -0.05) is 66.7 Å². The molecule has 0 saturated heterocycles. The van der Waals surface area contributed by atoms with Gasteiger partial charge in [0.2, 0.25) is 5.82 Å². The lowest BCUT2D eigenvalue weighted by Gasteiger charge is -2.09. The number of halogens is 2. The van der Waals surface area contributed by atoms with E-state index in [9.17, 15) is 28.6 Å². The maximum absolute atomic E-state index is 13.7. The molecule has 0 aliphatic carbocycles. The normalized spacial score (nSPS) is 11.2. The summed E-state index contributed by atoms with van der Waals surface area (Å²) >= 11 is 0. The Labute approximate surface area is 258 Å². The first-order chi connectivity index (χ1) is 21.8. The lowest BCUT2D eigenvalue weighted by molar-refractivity contribution is -0.137. The van der Waals surface area contributed by atoms with Crippen LogP contribution in [-0.4, -0.2) is 39.9 Å². The number of benzene rings is 4. The summed E-state index contributed by atoms with van der Waals surface area (Å²) in [7, 11) is 0. The zero-order valence-electron chi connectivity index (χ0n) is 24.3. The number of aromatic nitrogens is 1. The number of fused-ring (bicyclic) bond motifs is 1. The number of ether oxygens (including phenoxy) is 2. The average molecular weight is 612 g/mol. The Morgan fingerprint density at radius 3 is 2.27 bits per heavy atom. The molecule has 1 aromatic heterocycles. The van der Waals surface area contributed by atoms with Crippen molar-refractivity contribution in [3.8, 4) is 11.5 Å². The summed E-state index contributed by atoms with van der Waals surface area (Å²) in [4.78, 5) is 23.4. The van der Waals surface area contributed by atoms with Crippen molar-refractivity contribution in [1.82, 2.24) is 4.57 Å². The van der Waals surface area contributed by atoms with E-state index < -0.39 is 23.6 Å². The fraction of sp³-hybridized carbons (Fsp3) is 0.167. The molecule has 9 heteroatoms. The molecule has 5 aromatic rings. The Morgan fingerprint density at radius 1 is 0.778 bits per heavy atom. The van der Waals surface area contributed by atoms with E-state index in [1.807, 2.05) is 54.6 Å². The fourth-order valence-electron chi connectivity index (χ4n) is 5.13. The predicted octanol–water partition coefficient (Wildman–Crippen LogP) is 7.70. The number of aliphatic carboxylic acids is 1. The Morgan fingerprint density at radius 2 is 1.51 bits per heavy atom. The second kappa shape index (κ2) is 14.4. The molecule has 230 valence electrons. The zero-order chi connectivity index (χ0) is 31.8. The van der Waals surface area contributed by atoms with Crippen LogP contribution in [0.3, 0.4) is 0 Å². The predicted molar refractivity (Wildman–Crippen MR) is 168 cm³/mol. The fourth-order valence-corrected chi connectivity index (χ4v) is 5.13. The van der Waals surface area contributed by atoms with Crippen molar-refractivity contribution in [3.05, 3.63) is 131 Å². The highest BCUT2D eigenvalue weighted by Crippen LogP contribution is 2.29. The van der Waals surface area contributed by atoms with Gasteiger partial charge in [-0.15, -0.1) is 0 Å². The molecule has 7 nitrogen and oxygen atoms in total. The molecule has 0 atom stereocenters. The number of hydrogen-bond donors (Lipinski definition) is 2. The van der Waals surface area contributed by atoms with Gasteiger partial charge in [0.15, 0.2) is 11.6 Å². The largest absolute Gasteiger partial charge is 0.494 e. The van der Waals surface area contributed by atoms with Crippen molar-refractivity contribution >= 4 is 35.0 Å². The van der Waals surface area contributed by atoms with Crippen LogP contribution in [0.4, 0.5) is 8.78 Å². The van der Waals surface area contributed by atoms with E-state index in [0.29, 0.717) is 37.2 Å². The second-order valence-electron chi connectivity index (χ2n) is 10.4. The highest BCUT2D eigenvalue weighted by atomic mass is 19.2. The van der Waals surface area contributed by atoms with Crippen molar-refractivity contribution in [1.29, 1.82) is 0 Å². The van der Waals surface area contributed by atoms with Crippen molar-refractivity contribution in [3.63, 3.8) is 0 Å². The minimum atomic E-state index is -1.01. The third-order valence-corrected chi connectivity index (χ3v) is 7.26. The number of carbonyl (C=O) groups is 2. The standard InChI is InChI=1S/C36H31F2NO6/c37-31-11-6-12-32(34(31)38)45-20-4-3-19-44-28-17-14-24(15-18-28)13-16-25-8-5-10-29-27(22-39(35(25)29)23-33(40)41)21-26-7-1-2-9-30(26)36(42)43/h1-2,5-18,22H,3-4,19-21,23H2,(H,40,41)(H,42,43)/b16-13+. The number of rotatable bonds is 14. The van der Waals surface area contributed by atoms with E-state index in [1.165, 1.54) is 12.1 Å². The zero-order valence-corrected chi connectivity index (χ0v) is 24.3. The van der Waals surface area contributed by atoms with Crippen LogP contribution < -0.4 is 9.47 Å². The van der Waals surface area contributed by atoms with E-state index in [2.05, 4.69) is 0 Å². The molecule has 45 heavy (non-hydrogen) atoms. The number of aromatic carboxylic acids is 1. The van der Waals surface area contributed by atoms with Gasteiger partial charge in [-0.05, 0) is 65.4 Å². The first-order valence-corrected chi connectivity index (χ1v) is 14.4. The van der Waals surface area contributed by atoms with Crippen LogP contribution in [0, 0.1) is 11.6 Å². The van der Waals surface area contributed by atoms with E-state index in [-0.39, 0.29) is 24.5 Å².